The number of ketones is 2. The van der Waals surface area contributed by atoms with E-state index < -0.39 is 47.1 Å². The van der Waals surface area contributed by atoms with Gasteiger partial charge in [-0.3, -0.25) is 14.2 Å². The number of carbonyl (C=O) groups is 2. The number of nitrogens with zero attached hydrogens (tertiary/aromatic N) is 4. The van der Waals surface area contributed by atoms with Crippen LogP contribution in [0.1, 0.15) is 43.2 Å². The lowest BCUT2D eigenvalue weighted by molar-refractivity contribution is -0.137. The number of aromatic nitrogens is 4. The Morgan fingerprint density at radius 2 is 1.28 bits per heavy atom. The number of aliphatic hydroxyl groups excluding tert-OH is 3. The van der Waals surface area contributed by atoms with Gasteiger partial charge in [0.25, 0.3) is 0 Å². The highest BCUT2D eigenvalue weighted by molar-refractivity contribution is 6.08. The number of nitrogens with two attached hydrogens (primary N) is 1. The maximum atomic E-state index is 15.1. The molecule has 1 fully saturated rings. The van der Waals surface area contributed by atoms with E-state index in [4.69, 9.17) is 19.9 Å². The zero-order chi connectivity index (χ0) is 40.6. The summed E-state index contributed by atoms with van der Waals surface area (Å²) in [4.78, 5) is 41.9. The normalized spacial score (nSPS) is 19.8. The van der Waals surface area contributed by atoms with Crippen LogP contribution in [-0.4, -0.2) is 85.0 Å². The van der Waals surface area contributed by atoms with E-state index in [2.05, 4.69) is 15.0 Å². The van der Waals surface area contributed by atoms with Gasteiger partial charge in [0.1, 0.15) is 47.8 Å². The molecular weight excluding hydrogens is 739 g/mol. The van der Waals surface area contributed by atoms with Gasteiger partial charge < -0.3 is 35.3 Å². The summed E-state index contributed by atoms with van der Waals surface area (Å²) in [6.45, 7) is 0. The van der Waals surface area contributed by atoms with Crippen LogP contribution >= 0.6 is 0 Å². The van der Waals surface area contributed by atoms with Gasteiger partial charge in [0, 0.05) is 22.3 Å². The molecule has 2 aromatic heterocycles. The maximum absolute atomic E-state index is 15.1. The van der Waals surface area contributed by atoms with Gasteiger partial charge in [-0.1, -0.05) is 127 Å². The van der Waals surface area contributed by atoms with Crippen LogP contribution in [0.3, 0.4) is 0 Å². The number of ether oxygens (including phenoxy) is 3. The Kier molecular flexibility index (Phi) is 10.0. The van der Waals surface area contributed by atoms with Crippen molar-refractivity contribution in [2.24, 2.45) is 0 Å². The summed E-state index contributed by atoms with van der Waals surface area (Å²) in [7, 11) is 3.01. The first-order chi connectivity index (χ1) is 28.2. The van der Waals surface area contributed by atoms with E-state index in [1.807, 2.05) is 30.3 Å². The number of hydrogen-bond donors (Lipinski definition) is 4. The van der Waals surface area contributed by atoms with Crippen LogP contribution in [0, 0.1) is 0 Å². The molecular formula is C45H39N5O8. The minimum Gasteiger partial charge on any atom is -0.496 e. The van der Waals surface area contributed by atoms with E-state index in [-0.39, 0.29) is 33.9 Å². The molecule has 1 aliphatic heterocycles. The molecule has 1 unspecified atom stereocenters. The van der Waals surface area contributed by atoms with Gasteiger partial charge >= 0.3 is 0 Å². The predicted molar refractivity (Wildman–Crippen MR) is 214 cm³/mol. The number of hydrogen-bond acceptors (Lipinski definition) is 12. The van der Waals surface area contributed by atoms with Crippen molar-refractivity contribution < 1.29 is 39.1 Å². The van der Waals surface area contributed by atoms with Crippen molar-refractivity contribution in [2.75, 3.05) is 20.0 Å². The maximum Gasteiger partial charge on any atom is 0.241 e. The molecule has 0 amide bonds. The fourth-order valence-electron chi connectivity index (χ4n) is 8.12. The number of imidazole rings is 1. The Balaban J connectivity index is 1.39. The fraction of sp³-hybridized carbons (Fsp3) is 0.178. The second kappa shape index (κ2) is 15.3. The zero-order valence-corrected chi connectivity index (χ0v) is 31.4. The number of carbonyl (C=O) groups excluding carboxylic acids is 2. The molecule has 0 bridgehead atoms. The van der Waals surface area contributed by atoms with Crippen LogP contribution in [0.2, 0.25) is 0 Å². The number of Topliss-reactive ketones (excluding diaryl/α,β-unsaturated/α-hetero) is 1. The lowest BCUT2D eigenvalue weighted by atomic mass is 9.63. The Morgan fingerprint density at radius 1 is 0.759 bits per heavy atom. The number of fused-ring (bicyclic) bond motifs is 1. The standard InChI is InChI=1S/C45H39N5O8/c1-56-32-24-14-12-22-30(32)44(29-20-10-5-11-21-29,31-23-13-15-25-33(31)57-2)40(55)37-36(52)39(54)45(58-37,38(53)28-18-8-4-9-19-28)50-26-47-34-41(46)48-42(49-43(34)50)35(51)27-16-6-3-7-17-27/h3-26,36-37,39-40,52,54-55H,1-2H3,(H2,46,48,49)/t36-,37+,39-,40?,45-/m1/s1. The van der Waals surface area contributed by atoms with E-state index in [0.717, 1.165) is 4.57 Å². The molecule has 0 radical (unpaired) electrons. The van der Waals surface area contributed by atoms with E-state index in [1.54, 1.807) is 97.1 Å². The van der Waals surface area contributed by atoms with Crippen LogP contribution < -0.4 is 15.2 Å². The average molecular weight is 778 g/mol. The van der Waals surface area contributed by atoms with Crippen molar-refractivity contribution in [3.05, 3.63) is 179 Å². The summed E-state index contributed by atoms with van der Waals surface area (Å²) in [5, 5.41) is 38.1. The highest BCUT2D eigenvalue weighted by atomic mass is 16.6. The molecule has 1 saturated heterocycles. The third kappa shape index (κ3) is 5.91. The minimum absolute atomic E-state index is 0.000753. The minimum atomic E-state index is -2.54. The first kappa shape index (κ1) is 38.1. The molecule has 3 heterocycles. The molecule has 5 N–H and O–H groups in total. The van der Waals surface area contributed by atoms with Crippen molar-refractivity contribution in [3.8, 4) is 11.5 Å². The number of anilines is 1. The summed E-state index contributed by atoms with van der Waals surface area (Å²) in [6.07, 6.45) is -6.33. The Bertz CT molecular complexity index is 2560. The molecule has 7 aromatic rings. The zero-order valence-electron chi connectivity index (χ0n) is 31.4. The molecule has 1 aliphatic rings. The molecule has 0 aliphatic carbocycles. The van der Waals surface area contributed by atoms with Crippen molar-refractivity contribution in [2.45, 2.75) is 35.6 Å². The molecule has 5 atom stereocenters. The van der Waals surface area contributed by atoms with Crippen molar-refractivity contribution in [1.29, 1.82) is 0 Å². The highest BCUT2D eigenvalue weighted by Gasteiger charge is 2.65. The Hall–Kier alpha value is -6.77. The van der Waals surface area contributed by atoms with E-state index in [1.165, 1.54) is 32.7 Å². The predicted octanol–water partition coefficient (Wildman–Crippen LogP) is 4.71. The monoisotopic (exact) mass is 777 g/mol. The van der Waals surface area contributed by atoms with Gasteiger partial charge in [-0.2, -0.15) is 0 Å². The quantitative estimate of drug-likeness (QED) is 0.0989. The molecule has 58 heavy (non-hydrogen) atoms. The van der Waals surface area contributed by atoms with Gasteiger partial charge in [0.2, 0.25) is 23.1 Å². The van der Waals surface area contributed by atoms with Crippen molar-refractivity contribution in [3.63, 3.8) is 0 Å². The average Bonchev–Trinajstić information content (AvgIpc) is 3.83. The van der Waals surface area contributed by atoms with Crippen LogP contribution in [-0.2, 0) is 15.9 Å². The summed E-state index contributed by atoms with van der Waals surface area (Å²) in [5.41, 5.74) is 3.90. The van der Waals surface area contributed by atoms with Gasteiger partial charge in [-0.15, -0.1) is 0 Å². The van der Waals surface area contributed by atoms with Crippen LogP contribution in [0.15, 0.2) is 146 Å². The largest absolute Gasteiger partial charge is 0.496 e. The van der Waals surface area contributed by atoms with E-state index >= 15 is 4.79 Å². The van der Waals surface area contributed by atoms with Gasteiger partial charge in [-0.25, -0.2) is 15.0 Å². The number of aliphatic hydroxyl groups is 3. The number of nitrogen functional groups attached to an aromatic ring is 1. The fourth-order valence-corrected chi connectivity index (χ4v) is 8.12. The number of para-hydroxylation sites is 2. The van der Waals surface area contributed by atoms with Crippen molar-refractivity contribution in [1.82, 2.24) is 19.5 Å². The smallest absolute Gasteiger partial charge is 0.241 e. The SMILES string of the molecule is COc1ccccc1C(c1ccccc1)(c1ccccc1OC)C(O)[C@H]1O[C@@](C(=O)c2ccccc2)(n2cnc3c(N)nc(C(=O)c4ccccc4)nc32)[C@H](O)[C@@H]1O. The Labute approximate surface area is 333 Å². The number of methoxy groups -OCH3 is 2. The summed E-state index contributed by atoms with van der Waals surface area (Å²) >= 11 is 0. The van der Waals surface area contributed by atoms with Crippen LogP contribution in [0.5, 0.6) is 11.5 Å². The van der Waals surface area contributed by atoms with Crippen LogP contribution in [0.25, 0.3) is 11.2 Å². The number of benzene rings is 5. The van der Waals surface area contributed by atoms with Gasteiger partial charge in [-0.05, 0) is 17.7 Å². The summed E-state index contributed by atoms with van der Waals surface area (Å²) in [5.74, 6) is -1.07. The second-order valence-electron chi connectivity index (χ2n) is 13.8. The van der Waals surface area contributed by atoms with E-state index in [9.17, 15) is 20.1 Å². The second-order valence-corrected chi connectivity index (χ2v) is 13.8. The topological polar surface area (TPSA) is 192 Å². The van der Waals surface area contributed by atoms with Gasteiger partial charge in [0.05, 0.1) is 19.6 Å². The molecule has 292 valence electrons. The molecule has 0 spiro atoms. The molecule has 8 rings (SSSR count). The molecule has 5 aromatic carbocycles. The highest BCUT2D eigenvalue weighted by Crippen LogP contribution is 2.53. The van der Waals surface area contributed by atoms with Crippen LogP contribution in [0.4, 0.5) is 5.82 Å². The van der Waals surface area contributed by atoms with Crippen molar-refractivity contribution >= 4 is 28.5 Å². The molecule has 13 heteroatoms. The lowest BCUT2D eigenvalue weighted by Gasteiger charge is -2.43. The summed E-state index contributed by atoms with van der Waals surface area (Å²) < 4.78 is 19.8. The molecule has 13 nitrogen and oxygen atoms in total. The third-order valence-electron chi connectivity index (χ3n) is 10.8. The Morgan fingerprint density at radius 3 is 1.84 bits per heavy atom. The van der Waals surface area contributed by atoms with E-state index in [0.29, 0.717) is 28.2 Å². The number of rotatable bonds is 12. The first-order valence-electron chi connectivity index (χ1n) is 18.4. The first-order valence-corrected chi connectivity index (χ1v) is 18.4. The van der Waals surface area contributed by atoms with Gasteiger partial charge in [0.15, 0.2) is 11.5 Å². The third-order valence-corrected chi connectivity index (χ3v) is 10.8. The summed E-state index contributed by atoms with van der Waals surface area (Å²) in [6, 6.07) is 39.7. The lowest BCUT2D eigenvalue weighted by Crippen LogP contribution is -2.52. The molecule has 0 saturated carbocycles.